The monoisotopic (exact) mass is 175 g/mol. The minimum Gasteiger partial charge on any atom is -0.368 e. The van der Waals surface area contributed by atoms with Gasteiger partial charge in [0.05, 0.1) is 11.9 Å². The number of nitrogens with two attached hydrogens (primary N) is 1. The number of aromatic nitrogens is 4. The van der Waals surface area contributed by atoms with E-state index in [1.807, 2.05) is 6.92 Å². The fourth-order valence-corrected chi connectivity index (χ4v) is 1.17. The molecule has 5 nitrogen and oxygen atoms in total. The van der Waals surface area contributed by atoms with Gasteiger partial charge in [-0.25, -0.2) is 9.97 Å². The fourth-order valence-electron chi connectivity index (χ4n) is 1.17. The highest BCUT2D eigenvalue weighted by Gasteiger charge is 2.04. The Labute approximate surface area is 75.0 Å². The average Bonchev–Trinajstić information content (AvgIpc) is 2.56. The van der Waals surface area contributed by atoms with Crippen LogP contribution in [0.25, 0.3) is 11.1 Å². The van der Waals surface area contributed by atoms with E-state index in [9.17, 15) is 0 Å². The molecule has 0 saturated heterocycles. The molecule has 0 bridgehead atoms. The molecule has 0 aliphatic carbocycles. The summed E-state index contributed by atoms with van der Waals surface area (Å²) < 4.78 is 0. The smallest absolute Gasteiger partial charge is 0.220 e. The molecule has 0 saturated carbocycles. The average molecular weight is 175 g/mol. The maximum atomic E-state index is 5.44. The zero-order valence-electron chi connectivity index (χ0n) is 7.15. The van der Waals surface area contributed by atoms with Crippen molar-refractivity contribution in [1.82, 2.24) is 20.2 Å². The van der Waals surface area contributed by atoms with Gasteiger partial charge in [-0.15, -0.1) is 0 Å². The summed E-state index contributed by atoms with van der Waals surface area (Å²) in [6.07, 6.45) is 5.21. The molecule has 0 radical (unpaired) electrons. The summed E-state index contributed by atoms with van der Waals surface area (Å²) in [4.78, 5) is 7.98. The maximum Gasteiger partial charge on any atom is 0.220 e. The molecule has 0 aliphatic rings. The molecule has 2 aromatic rings. The third-order valence-corrected chi connectivity index (χ3v) is 1.81. The second kappa shape index (κ2) is 2.85. The van der Waals surface area contributed by atoms with Gasteiger partial charge in [-0.2, -0.15) is 5.10 Å². The van der Waals surface area contributed by atoms with Gasteiger partial charge in [0, 0.05) is 23.5 Å². The van der Waals surface area contributed by atoms with E-state index in [1.54, 1.807) is 18.6 Å². The van der Waals surface area contributed by atoms with Crippen molar-refractivity contribution in [3.63, 3.8) is 0 Å². The minimum atomic E-state index is 0.296. The predicted molar refractivity (Wildman–Crippen MR) is 48.8 cm³/mol. The van der Waals surface area contributed by atoms with E-state index in [0.29, 0.717) is 5.95 Å². The third-order valence-electron chi connectivity index (χ3n) is 1.81. The number of aryl methyl sites for hydroxylation is 1. The van der Waals surface area contributed by atoms with E-state index >= 15 is 0 Å². The molecular weight excluding hydrogens is 166 g/mol. The first-order chi connectivity index (χ1) is 6.27. The first kappa shape index (κ1) is 7.72. The van der Waals surface area contributed by atoms with Gasteiger partial charge in [-0.05, 0) is 6.92 Å². The molecule has 0 spiro atoms. The minimum absolute atomic E-state index is 0.296. The third kappa shape index (κ3) is 1.35. The van der Waals surface area contributed by atoms with E-state index in [0.717, 1.165) is 16.8 Å². The van der Waals surface area contributed by atoms with Crippen LogP contribution < -0.4 is 5.73 Å². The van der Waals surface area contributed by atoms with E-state index in [1.165, 1.54) is 0 Å². The topological polar surface area (TPSA) is 80.5 Å². The van der Waals surface area contributed by atoms with Gasteiger partial charge in [-0.3, -0.25) is 5.10 Å². The van der Waals surface area contributed by atoms with Crippen molar-refractivity contribution < 1.29 is 0 Å². The number of hydrogen-bond acceptors (Lipinski definition) is 4. The number of H-pyrrole nitrogens is 1. The van der Waals surface area contributed by atoms with Crippen LogP contribution in [0.15, 0.2) is 18.6 Å². The molecule has 0 aliphatic heterocycles. The highest BCUT2D eigenvalue weighted by atomic mass is 15.1. The number of nitrogens with one attached hydrogen (secondary N) is 1. The van der Waals surface area contributed by atoms with E-state index in [2.05, 4.69) is 20.2 Å². The Morgan fingerprint density at radius 2 is 2.23 bits per heavy atom. The molecular formula is C8H9N5. The van der Waals surface area contributed by atoms with E-state index in [4.69, 9.17) is 5.73 Å². The van der Waals surface area contributed by atoms with Crippen LogP contribution in [0.4, 0.5) is 5.95 Å². The van der Waals surface area contributed by atoms with Gasteiger partial charge >= 0.3 is 0 Å². The van der Waals surface area contributed by atoms with Gasteiger partial charge in [0.1, 0.15) is 0 Å². The first-order valence-electron chi connectivity index (χ1n) is 3.85. The SMILES string of the molecule is Cc1nc(N)ncc1-c1cn[nH]c1. The Morgan fingerprint density at radius 1 is 1.38 bits per heavy atom. The molecule has 0 unspecified atom stereocenters. The summed E-state index contributed by atoms with van der Waals surface area (Å²) in [5.41, 5.74) is 8.21. The Hall–Kier alpha value is -1.91. The van der Waals surface area contributed by atoms with Gasteiger partial charge in [0.2, 0.25) is 5.95 Å². The Bertz CT molecular complexity index is 406. The van der Waals surface area contributed by atoms with Crippen LogP contribution in [0.1, 0.15) is 5.69 Å². The molecule has 2 aromatic heterocycles. The van der Waals surface area contributed by atoms with Crippen LogP contribution in [-0.4, -0.2) is 20.2 Å². The zero-order valence-corrected chi connectivity index (χ0v) is 7.15. The lowest BCUT2D eigenvalue weighted by Crippen LogP contribution is -1.97. The quantitative estimate of drug-likeness (QED) is 0.670. The summed E-state index contributed by atoms with van der Waals surface area (Å²) in [5.74, 6) is 0.296. The highest BCUT2D eigenvalue weighted by Crippen LogP contribution is 2.19. The van der Waals surface area contributed by atoms with Crippen molar-refractivity contribution in [3.05, 3.63) is 24.3 Å². The molecule has 2 rings (SSSR count). The van der Waals surface area contributed by atoms with Crippen molar-refractivity contribution in [2.75, 3.05) is 5.73 Å². The molecule has 13 heavy (non-hydrogen) atoms. The van der Waals surface area contributed by atoms with Gasteiger partial charge < -0.3 is 5.73 Å². The number of rotatable bonds is 1. The Balaban J connectivity index is 2.53. The second-order valence-electron chi connectivity index (χ2n) is 2.71. The number of nitrogens with zero attached hydrogens (tertiary/aromatic N) is 3. The molecule has 0 fully saturated rings. The molecule has 66 valence electrons. The number of anilines is 1. The van der Waals surface area contributed by atoms with Crippen LogP contribution >= 0.6 is 0 Å². The molecule has 0 aromatic carbocycles. The van der Waals surface area contributed by atoms with Crippen LogP contribution in [0.5, 0.6) is 0 Å². The van der Waals surface area contributed by atoms with Crippen molar-refractivity contribution in [1.29, 1.82) is 0 Å². The standard InChI is InChI=1S/C8H9N5/c1-5-7(4-10-8(9)13-5)6-2-11-12-3-6/h2-4H,1H3,(H,11,12)(H2,9,10,13). The van der Waals surface area contributed by atoms with Crippen molar-refractivity contribution >= 4 is 5.95 Å². The zero-order chi connectivity index (χ0) is 9.26. The van der Waals surface area contributed by atoms with E-state index in [-0.39, 0.29) is 0 Å². The summed E-state index contributed by atoms with van der Waals surface area (Å²) in [6.45, 7) is 1.89. The summed E-state index contributed by atoms with van der Waals surface area (Å²) in [6, 6.07) is 0. The Morgan fingerprint density at radius 3 is 2.85 bits per heavy atom. The molecule has 0 atom stereocenters. The summed E-state index contributed by atoms with van der Waals surface area (Å²) in [7, 11) is 0. The number of aromatic amines is 1. The van der Waals surface area contributed by atoms with Crippen molar-refractivity contribution in [3.8, 4) is 11.1 Å². The van der Waals surface area contributed by atoms with Gasteiger partial charge in [0.15, 0.2) is 0 Å². The fraction of sp³-hybridized carbons (Fsp3) is 0.125. The number of nitrogen functional groups attached to an aromatic ring is 1. The molecule has 2 heterocycles. The lowest BCUT2D eigenvalue weighted by molar-refractivity contribution is 1.09. The lowest BCUT2D eigenvalue weighted by Gasteiger charge is -2.00. The maximum absolute atomic E-state index is 5.44. The molecule has 3 N–H and O–H groups in total. The number of hydrogen-bond donors (Lipinski definition) is 2. The van der Waals surface area contributed by atoms with Gasteiger partial charge in [0.25, 0.3) is 0 Å². The first-order valence-corrected chi connectivity index (χ1v) is 3.85. The Kier molecular flexibility index (Phi) is 1.70. The summed E-state index contributed by atoms with van der Waals surface area (Å²) in [5, 5.41) is 6.58. The van der Waals surface area contributed by atoms with Crippen molar-refractivity contribution in [2.45, 2.75) is 6.92 Å². The largest absolute Gasteiger partial charge is 0.368 e. The normalized spacial score (nSPS) is 10.2. The lowest BCUT2D eigenvalue weighted by atomic mass is 10.1. The van der Waals surface area contributed by atoms with Gasteiger partial charge in [-0.1, -0.05) is 0 Å². The van der Waals surface area contributed by atoms with Crippen LogP contribution in [0.3, 0.4) is 0 Å². The van der Waals surface area contributed by atoms with Crippen LogP contribution in [-0.2, 0) is 0 Å². The van der Waals surface area contributed by atoms with E-state index < -0.39 is 0 Å². The second-order valence-corrected chi connectivity index (χ2v) is 2.71. The van der Waals surface area contributed by atoms with Crippen LogP contribution in [0, 0.1) is 6.92 Å². The predicted octanol–water partition coefficient (Wildman–Crippen LogP) is 0.757. The van der Waals surface area contributed by atoms with Crippen LogP contribution in [0.2, 0.25) is 0 Å². The molecule has 5 heteroatoms. The molecule has 0 amide bonds. The highest BCUT2D eigenvalue weighted by molar-refractivity contribution is 5.63. The van der Waals surface area contributed by atoms with Crippen molar-refractivity contribution in [2.24, 2.45) is 0 Å². The summed E-state index contributed by atoms with van der Waals surface area (Å²) >= 11 is 0.